The Morgan fingerprint density at radius 1 is 1.08 bits per heavy atom. The fourth-order valence-corrected chi connectivity index (χ4v) is 1.97. The van der Waals surface area contributed by atoms with Crippen molar-refractivity contribution in [3.05, 3.63) is 48.3 Å². The summed E-state index contributed by atoms with van der Waals surface area (Å²) in [5, 5.41) is 4.91. The number of methoxy groups -OCH3 is 1. The molecule has 24 heavy (non-hydrogen) atoms. The Balaban J connectivity index is 2.00. The van der Waals surface area contributed by atoms with Gasteiger partial charge in [-0.15, -0.1) is 0 Å². The summed E-state index contributed by atoms with van der Waals surface area (Å²) in [6.45, 7) is 1.02. The Bertz CT molecular complexity index is 749. The van der Waals surface area contributed by atoms with Crippen molar-refractivity contribution < 1.29 is 23.5 Å². The molecule has 2 amide bonds. The molecule has 2 aromatic carbocycles. The standard InChI is InChI=1S/C17H17FN2O4/c1-11(21)19-12-7-8-13(18)14(9-12)20-17(22)10-24-16-6-4-3-5-15(16)23-2/h3-9H,10H2,1-2H3,(H,19,21)(H,20,22). The lowest BCUT2D eigenvalue weighted by Gasteiger charge is -2.11. The van der Waals surface area contributed by atoms with Crippen molar-refractivity contribution in [1.29, 1.82) is 0 Å². The zero-order valence-corrected chi connectivity index (χ0v) is 13.3. The van der Waals surface area contributed by atoms with Crippen LogP contribution in [0.5, 0.6) is 11.5 Å². The third kappa shape index (κ3) is 4.70. The molecule has 2 rings (SSSR count). The number of anilines is 2. The molecule has 0 saturated heterocycles. The van der Waals surface area contributed by atoms with Gasteiger partial charge in [-0.3, -0.25) is 9.59 Å². The number of hydrogen-bond donors (Lipinski definition) is 2. The minimum atomic E-state index is -0.616. The molecule has 0 heterocycles. The quantitative estimate of drug-likeness (QED) is 0.853. The highest BCUT2D eigenvalue weighted by molar-refractivity contribution is 5.94. The van der Waals surface area contributed by atoms with E-state index in [1.807, 2.05) is 0 Å². The summed E-state index contributed by atoms with van der Waals surface area (Å²) >= 11 is 0. The molecule has 0 spiro atoms. The zero-order chi connectivity index (χ0) is 17.5. The second-order valence-corrected chi connectivity index (χ2v) is 4.86. The molecule has 0 fully saturated rings. The number of para-hydroxylation sites is 2. The Labute approximate surface area is 138 Å². The van der Waals surface area contributed by atoms with Gasteiger partial charge < -0.3 is 20.1 Å². The average molecular weight is 332 g/mol. The van der Waals surface area contributed by atoms with Gasteiger partial charge in [-0.1, -0.05) is 12.1 Å². The van der Waals surface area contributed by atoms with E-state index in [2.05, 4.69) is 10.6 Å². The number of carbonyl (C=O) groups is 2. The van der Waals surface area contributed by atoms with Gasteiger partial charge in [0.05, 0.1) is 12.8 Å². The van der Waals surface area contributed by atoms with E-state index in [9.17, 15) is 14.0 Å². The van der Waals surface area contributed by atoms with E-state index in [1.54, 1.807) is 24.3 Å². The van der Waals surface area contributed by atoms with Crippen molar-refractivity contribution in [2.45, 2.75) is 6.92 Å². The number of amides is 2. The molecule has 7 heteroatoms. The largest absolute Gasteiger partial charge is 0.493 e. The number of nitrogens with one attached hydrogen (secondary N) is 2. The second kappa shape index (κ2) is 7.96. The highest BCUT2D eigenvalue weighted by Crippen LogP contribution is 2.25. The number of ether oxygens (including phenoxy) is 2. The lowest BCUT2D eigenvalue weighted by molar-refractivity contribution is -0.118. The van der Waals surface area contributed by atoms with Gasteiger partial charge in [0, 0.05) is 12.6 Å². The summed E-state index contributed by atoms with van der Waals surface area (Å²) in [4.78, 5) is 23.0. The minimum absolute atomic E-state index is 0.0464. The SMILES string of the molecule is COc1ccccc1OCC(=O)Nc1cc(NC(C)=O)ccc1F. The lowest BCUT2D eigenvalue weighted by atomic mass is 10.2. The molecule has 2 aromatic rings. The van der Waals surface area contributed by atoms with Crippen LogP contribution in [0, 0.1) is 5.82 Å². The van der Waals surface area contributed by atoms with Crippen molar-refractivity contribution in [3.63, 3.8) is 0 Å². The molecule has 2 N–H and O–H groups in total. The molecule has 0 aliphatic carbocycles. The molecule has 0 bridgehead atoms. The highest BCUT2D eigenvalue weighted by atomic mass is 19.1. The maximum atomic E-state index is 13.8. The van der Waals surface area contributed by atoms with E-state index < -0.39 is 11.7 Å². The van der Waals surface area contributed by atoms with Crippen molar-refractivity contribution >= 4 is 23.2 Å². The van der Waals surface area contributed by atoms with Crippen LogP contribution in [0.3, 0.4) is 0 Å². The lowest BCUT2D eigenvalue weighted by Crippen LogP contribution is -2.21. The van der Waals surface area contributed by atoms with Crippen molar-refractivity contribution in [3.8, 4) is 11.5 Å². The van der Waals surface area contributed by atoms with Crippen LogP contribution in [0.15, 0.2) is 42.5 Å². The summed E-state index contributed by atoms with van der Waals surface area (Å²) < 4.78 is 24.2. The van der Waals surface area contributed by atoms with E-state index in [0.29, 0.717) is 17.2 Å². The molecule has 0 aliphatic heterocycles. The summed E-state index contributed by atoms with van der Waals surface area (Å²) in [7, 11) is 1.49. The first-order valence-electron chi connectivity index (χ1n) is 7.12. The Kier molecular flexibility index (Phi) is 5.73. The van der Waals surface area contributed by atoms with Gasteiger partial charge in [0.2, 0.25) is 5.91 Å². The third-order valence-electron chi connectivity index (χ3n) is 2.99. The molecule has 126 valence electrons. The first kappa shape index (κ1) is 17.3. The molecule has 0 aromatic heterocycles. The molecule has 0 atom stereocenters. The van der Waals surface area contributed by atoms with E-state index in [1.165, 1.54) is 26.2 Å². The van der Waals surface area contributed by atoms with Crippen LogP contribution in [0.4, 0.5) is 15.8 Å². The van der Waals surface area contributed by atoms with Crippen LogP contribution in [-0.2, 0) is 9.59 Å². The van der Waals surface area contributed by atoms with Crippen molar-refractivity contribution in [2.24, 2.45) is 0 Å². The normalized spacial score (nSPS) is 9.96. The summed E-state index contributed by atoms with van der Waals surface area (Å²) in [6.07, 6.45) is 0. The first-order valence-corrected chi connectivity index (χ1v) is 7.12. The van der Waals surface area contributed by atoms with Crippen molar-refractivity contribution in [1.82, 2.24) is 0 Å². The Morgan fingerprint density at radius 2 is 1.79 bits per heavy atom. The molecule has 6 nitrogen and oxygen atoms in total. The molecular formula is C17H17FN2O4. The van der Waals surface area contributed by atoms with Gasteiger partial charge in [0.15, 0.2) is 18.1 Å². The summed E-state index contributed by atoms with van der Waals surface area (Å²) in [5.41, 5.74) is 0.333. The maximum absolute atomic E-state index is 13.8. The van der Waals surface area contributed by atoms with Crippen LogP contribution in [-0.4, -0.2) is 25.5 Å². The number of hydrogen-bond acceptors (Lipinski definition) is 4. The van der Waals surface area contributed by atoms with Gasteiger partial charge in [0.1, 0.15) is 5.82 Å². The number of carbonyl (C=O) groups excluding carboxylic acids is 2. The predicted octanol–water partition coefficient (Wildman–Crippen LogP) is 2.81. The van der Waals surface area contributed by atoms with Crippen LogP contribution >= 0.6 is 0 Å². The van der Waals surface area contributed by atoms with Gasteiger partial charge in [-0.05, 0) is 30.3 Å². The average Bonchev–Trinajstić information content (AvgIpc) is 2.55. The Hall–Kier alpha value is -3.09. The van der Waals surface area contributed by atoms with E-state index in [0.717, 1.165) is 6.07 Å². The zero-order valence-electron chi connectivity index (χ0n) is 13.3. The van der Waals surface area contributed by atoms with Crippen LogP contribution < -0.4 is 20.1 Å². The smallest absolute Gasteiger partial charge is 0.262 e. The molecule has 0 aliphatic rings. The predicted molar refractivity (Wildman–Crippen MR) is 87.8 cm³/mol. The van der Waals surface area contributed by atoms with Gasteiger partial charge >= 0.3 is 0 Å². The molecule has 0 saturated carbocycles. The first-order chi connectivity index (χ1) is 11.5. The highest BCUT2D eigenvalue weighted by Gasteiger charge is 2.11. The van der Waals surface area contributed by atoms with Gasteiger partial charge in [0.25, 0.3) is 5.91 Å². The maximum Gasteiger partial charge on any atom is 0.262 e. The number of rotatable bonds is 6. The summed E-state index contributed by atoms with van der Waals surface area (Å²) in [6, 6.07) is 10.8. The van der Waals surface area contributed by atoms with Crippen LogP contribution in [0.2, 0.25) is 0 Å². The van der Waals surface area contributed by atoms with Crippen LogP contribution in [0.1, 0.15) is 6.92 Å². The third-order valence-corrected chi connectivity index (χ3v) is 2.99. The topological polar surface area (TPSA) is 76.7 Å². The van der Waals surface area contributed by atoms with Crippen molar-refractivity contribution in [2.75, 3.05) is 24.4 Å². The molecule has 0 radical (unpaired) electrons. The van der Waals surface area contributed by atoms with Crippen LogP contribution in [0.25, 0.3) is 0 Å². The number of halogens is 1. The van der Waals surface area contributed by atoms with Gasteiger partial charge in [-0.2, -0.15) is 0 Å². The van der Waals surface area contributed by atoms with E-state index in [4.69, 9.17) is 9.47 Å². The Morgan fingerprint density at radius 3 is 2.46 bits per heavy atom. The fourth-order valence-electron chi connectivity index (χ4n) is 1.97. The van der Waals surface area contributed by atoms with E-state index >= 15 is 0 Å². The number of benzene rings is 2. The van der Waals surface area contributed by atoms with E-state index in [-0.39, 0.29) is 18.2 Å². The monoisotopic (exact) mass is 332 g/mol. The minimum Gasteiger partial charge on any atom is -0.493 e. The van der Waals surface area contributed by atoms with Gasteiger partial charge in [-0.25, -0.2) is 4.39 Å². The molecular weight excluding hydrogens is 315 g/mol. The second-order valence-electron chi connectivity index (χ2n) is 4.86. The molecule has 0 unspecified atom stereocenters. The summed E-state index contributed by atoms with van der Waals surface area (Å²) in [5.74, 6) is -0.556. The fraction of sp³-hybridized carbons (Fsp3) is 0.176.